The fourth-order valence-corrected chi connectivity index (χ4v) is 5.31. The van der Waals surface area contributed by atoms with Crippen LogP contribution in [0.15, 0.2) is 53.1 Å². The topological polar surface area (TPSA) is 91.6 Å². The Hall–Kier alpha value is -3.52. The molecule has 0 saturated carbocycles. The van der Waals surface area contributed by atoms with Crippen molar-refractivity contribution in [3.05, 3.63) is 65.5 Å². The number of nitrogens with zero attached hydrogens (tertiary/aromatic N) is 4. The average Bonchev–Trinajstić information content (AvgIpc) is 3.20. The Morgan fingerprint density at radius 2 is 1.73 bits per heavy atom. The third kappa shape index (κ3) is 6.07. The maximum absolute atomic E-state index is 13.3. The molecule has 2 amide bonds. The van der Waals surface area contributed by atoms with E-state index in [2.05, 4.69) is 20.4 Å². The second-order valence-corrected chi connectivity index (χ2v) is 10.1. The Labute approximate surface area is 218 Å². The number of aromatic nitrogens is 2. The highest BCUT2D eigenvalue weighted by Gasteiger charge is 2.28. The van der Waals surface area contributed by atoms with Gasteiger partial charge >= 0.3 is 0 Å². The molecule has 37 heavy (non-hydrogen) atoms. The quantitative estimate of drug-likeness (QED) is 0.516. The molecule has 0 radical (unpaired) electrons. The number of aryl methyl sites for hydroxylation is 1. The largest absolute Gasteiger partial charge is 0.339 e. The van der Waals surface area contributed by atoms with Crippen molar-refractivity contribution < 1.29 is 14.1 Å². The summed E-state index contributed by atoms with van der Waals surface area (Å²) in [5.41, 5.74) is 3.22. The van der Waals surface area contributed by atoms with Crippen molar-refractivity contribution in [3.8, 4) is 11.4 Å². The molecule has 1 aromatic heterocycles. The number of carbonyl (C=O) groups excluding carboxylic acids is 2. The molecule has 2 saturated heterocycles. The Balaban J connectivity index is 1.22. The summed E-state index contributed by atoms with van der Waals surface area (Å²) < 4.78 is 5.53. The van der Waals surface area contributed by atoms with Gasteiger partial charge < -0.3 is 14.7 Å². The van der Waals surface area contributed by atoms with Crippen molar-refractivity contribution in [2.24, 2.45) is 5.92 Å². The van der Waals surface area contributed by atoms with Gasteiger partial charge in [0.2, 0.25) is 17.6 Å². The van der Waals surface area contributed by atoms with Crippen LogP contribution < -0.4 is 5.32 Å². The second kappa shape index (κ2) is 11.7. The van der Waals surface area contributed by atoms with Gasteiger partial charge in [-0.15, -0.1) is 0 Å². The standard InChI is InChI=1S/C29H35N5O3/c1-21-11-4-5-13-23(21)27-31-26(37-32-27)20-33-16-10-12-22(19-33)28(35)30-25-15-7-6-14-24(25)29(36)34-17-8-2-3-9-18-34/h4-7,11,13-15,22H,2-3,8-10,12,16-20H2,1H3,(H,30,35). The number of anilines is 1. The summed E-state index contributed by atoms with van der Waals surface area (Å²) >= 11 is 0. The molecular formula is C29H35N5O3. The van der Waals surface area contributed by atoms with E-state index in [9.17, 15) is 9.59 Å². The summed E-state index contributed by atoms with van der Waals surface area (Å²) in [6.07, 6.45) is 6.11. The van der Waals surface area contributed by atoms with Crippen LogP contribution in [0.2, 0.25) is 0 Å². The summed E-state index contributed by atoms with van der Waals surface area (Å²) in [6.45, 7) is 5.57. The number of likely N-dealkylation sites (tertiary alicyclic amines) is 2. The molecule has 1 N–H and O–H groups in total. The molecule has 2 aliphatic heterocycles. The molecule has 3 aromatic rings. The van der Waals surface area contributed by atoms with Crippen molar-refractivity contribution in [2.75, 3.05) is 31.5 Å². The van der Waals surface area contributed by atoms with E-state index in [0.717, 1.165) is 69.3 Å². The van der Waals surface area contributed by atoms with Crippen LogP contribution in [0.3, 0.4) is 0 Å². The molecule has 1 atom stereocenters. The summed E-state index contributed by atoms with van der Waals surface area (Å²) in [4.78, 5) is 35.3. The molecule has 8 heteroatoms. The Morgan fingerprint density at radius 1 is 0.973 bits per heavy atom. The van der Waals surface area contributed by atoms with Gasteiger partial charge in [0.1, 0.15) is 0 Å². The zero-order valence-electron chi connectivity index (χ0n) is 21.5. The third-order valence-corrected chi connectivity index (χ3v) is 7.40. The SMILES string of the molecule is Cc1ccccc1-c1noc(CN2CCCC(C(=O)Nc3ccccc3C(=O)N3CCCCCC3)C2)n1. The number of rotatable bonds is 6. The minimum atomic E-state index is -0.172. The van der Waals surface area contributed by atoms with Crippen molar-refractivity contribution in [1.82, 2.24) is 19.9 Å². The molecule has 8 nitrogen and oxygen atoms in total. The van der Waals surface area contributed by atoms with E-state index < -0.39 is 0 Å². The maximum atomic E-state index is 13.3. The maximum Gasteiger partial charge on any atom is 0.255 e. The minimum absolute atomic E-state index is 0.00363. The van der Waals surface area contributed by atoms with Crippen LogP contribution in [-0.4, -0.2) is 57.9 Å². The number of amides is 2. The second-order valence-electron chi connectivity index (χ2n) is 10.1. The Kier molecular flexibility index (Phi) is 7.94. The highest BCUT2D eigenvalue weighted by atomic mass is 16.5. The Bertz CT molecular complexity index is 1230. The number of hydrogen-bond acceptors (Lipinski definition) is 6. The Morgan fingerprint density at radius 3 is 2.54 bits per heavy atom. The van der Waals surface area contributed by atoms with E-state index in [0.29, 0.717) is 36.1 Å². The molecule has 0 bridgehead atoms. The van der Waals surface area contributed by atoms with Crippen molar-refractivity contribution in [2.45, 2.75) is 52.0 Å². The summed E-state index contributed by atoms with van der Waals surface area (Å²) in [6, 6.07) is 15.3. The molecule has 0 aliphatic carbocycles. The van der Waals surface area contributed by atoms with Crippen LogP contribution in [0.5, 0.6) is 0 Å². The highest BCUT2D eigenvalue weighted by Crippen LogP contribution is 2.25. The third-order valence-electron chi connectivity index (χ3n) is 7.40. The number of para-hydroxylation sites is 1. The van der Waals surface area contributed by atoms with Gasteiger partial charge in [-0.05, 0) is 56.8 Å². The lowest BCUT2D eigenvalue weighted by atomic mass is 9.96. The summed E-state index contributed by atoms with van der Waals surface area (Å²) in [5, 5.41) is 7.23. The molecule has 0 spiro atoms. The molecule has 1 unspecified atom stereocenters. The van der Waals surface area contributed by atoms with Gasteiger partial charge in [0.25, 0.3) is 5.91 Å². The van der Waals surface area contributed by atoms with Crippen LogP contribution >= 0.6 is 0 Å². The zero-order valence-corrected chi connectivity index (χ0v) is 21.5. The predicted octanol–water partition coefficient (Wildman–Crippen LogP) is 4.91. The van der Waals surface area contributed by atoms with E-state index in [-0.39, 0.29) is 17.7 Å². The van der Waals surface area contributed by atoms with Gasteiger partial charge in [0.15, 0.2) is 0 Å². The number of hydrogen-bond donors (Lipinski definition) is 1. The number of piperidine rings is 1. The van der Waals surface area contributed by atoms with E-state index in [1.54, 1.807) is 0 Å². The van der Waals surface area contributed by atoms with Crippen molar-refractivity contribution in [3.63, 3.8) is 0 Å². The molecule has 3 heterocycles. The summed E-state index contributed by atoms with van der Waals surface area (Å²) in [5.74, 6) is 0.919. The van der Waals surface area contributed by atoms with Gasteiger partial charge in [-0.1, -0.05) is 54.4 Å². The smallest absolute Gasteiger partial charge is 0.255 e. The normalized spacial score (nSPS) is 18.8. The number of benzene rings is 2. The van der Waals surface area contributed by atoms with Crippen LogP contribution in [-0.2, 0) is 11.3 Å². The van der Waals surface area contributed by atoms with Crippen molar-refractivity contribution >= 4 is 17.5 Å². The monoisotopic (exact) mass is 501 g/mol. The molecule has 2 aromatic carbocycles. The zero-order chi connectivity index (χ0) is 25.6. The van der Waals surface area contributed by atoms with Crippen LogP contribution in [0, 0.1) is 12.8 Å². The van der Waals surface area contributed by atoms with Crippen molar-refractivity contribution in [1.29, 1.82) is 0 Å². The molecule has 194 valence electrons. The van der Waals surface area contributed by atoms with E-state index >= 15 is 0 Å². The highest BCUT2D eigenvalue weighted by molar-refractivity contribution is 6.04. The first-order valence-electron chi connectivity index (χ1n) is 13.4. The van der Waals surface area contributed by atoms with Gasteiger partial charge in [-0.3, -0.25) is 14.5 Å². The van der Waals surface area contributed by atoms with Gasteiger partial charge in [-0.2, -0.15) is 4.98 Å². The molecule has 5 rings (SSSR count). The fourth-order valence-electron chi connectivity index (χ4n) is 5.31. The summed E-state index contributed by atoms with van der Waals surface area (Å²) in [7, 11) is 0. The van der Waals surface area contributed by atoms with Crippen LogP contribution in [0.4, 0.5) is 5.69 Å². The van der Waals surface area contributed by atoms with E-state index in [4.69, 9.17) is 4.52 Å². The van der Waals surface area contributed by atoms with E-state index in [1.807, 2.05) is 60.4 Å². The molecule has 2 fully saturated rings. The van der Waals surface area contributed by atoms with Gasteiger partial charge in [0.05, 0.1) is 23.7 Å². The molecule has 2 aliphatic rings. The van der Waals surface area contributed by atoms with Gasteiger partial charge in [-0.25, -0.2) is 0 Å². The number of nitrogens with one attached hydrogen (secondary N) is 1. The molecular weight excluding hydrogens is 466 g/mol. The lowest BCUT2D eigenvalue weighted by Gasteiger charge is -2.31. The van der Waals surface area contributed by atoms with Gasteiger partial charge in [0, 0.05) is 25.2 Å². The first-order chi connectivity index (χ1) is 18.1. The van der Waals surface area contributed by atoms with Crippen LogP contribution in [0.1, 0.15) is 60.3 Å². The van der Waals surface area contributed by atoms with Crippen LogP contribution in [0.25, 0.3) is 11.4 Å². The minimum Gasteiger partial charge on any atom is -0.339 e. The fraction of sp³-hybridized carbons (Fsp3) is 0.448. The lowest BCUT2D eigenvalue weighted by molar-refractivity contribution is -0.121. The van der Waals surface area contributed by atoms with E-state index in [1.165, 1.54) is 0 Å². The average molecular weight is 502 g/mol. The first kappa shape index (κ1) is 25.1. The predicted molar refractivity (Wildman–Crippen MR) is 142 cm³/mol. The lowest BCUT2D eigenvalue weighted by Crippen LogP contribution is -2.40. The first-order valence-corrected chi connectivity index (χ1v) is 13.4. The number of carbonyl (C=O) groups is 2.